The quantitative estimate of drug-likeness (QED) is 0.661. The Morgan fingerprint density at radius 2 is 1.65 bits per heavy atom. The van der Waals surface area contributed by atoms with Gasteiger partial charge in [0.15, 0.2) is 0 Å². The first-order valence-corrected chi connectivity index (χ1v) is 5.64. The first-order chi connectivity index (χ1) is 9.47. The second-order valence-corrected chi connectivity index (χ2v) is 4.00. The molecule has 1 aliphatic rings. The molecule has 0 fully saturated rings. The molecule has 0 aliphatic carbocycles. The van der Waals surface area contributed by atoms with Gasteiger partial charge in [0.1, 0.15) is 0 Å². The summed E-state index contributed by atoms with van der Waals surface area (Å²) in [5.41, 5.74) is 0.179. The summed E-state index contributed by atoms with van der Waals surface area (Å²) < 4.78 is 50.2. The average Bonchev–Trinajstić information content (AvgIpc) is 2.57. The van der Waals surface area contributed by atoms with Crippen molar-refractivity contribution in [3.63, 3.8) is 0 Å². The van der Waals surface area contributed by atoms with Crippen LogP contribution < -0.4 is 10.6 Å². The predicted molar refractivity (Wildman–Crippen MR) is 66.9 cm³/mol. The molecule has 1 aliphatic heterocycles. The minimum atomic E-state index is -3.18. The van der Waals surface area contributed by atoms with Crippen molar-refractivity contribution >= 4 is 17.2 Å². The van der Waals surface area contributed by atoms with Crippen molar-refractivity contribution in [1.29, 1.82) is 0 Å². The number of hydrogen-bond donors (Lipinski definition) is 2. The van der Waals surface area contributed by atoms with Crippen LogP contribution in [-0.2, 0) is 4.79 Å². The van der Waals surface area contributed by atoms with Gasteiger partial charge in [0.2, 0.25) is 5.78 Å². The number of allylic oxidation sites excluding steroid dienone is 3. The molecule has 0 atom stereocenters. The molecular weight excluding hydrogens is 276 g/mol. The van der Waals surface area contributed by atoms with Gasteiger partial charge in [0.05, 0.1) is 17.1 Å². The lowest BCUT2D eigenvalue weighted by Crippen LogP contribution is -2.10. The third-order valence-corrected chi connectivity index (χ3v) is 2.54. The van der Waals surface area contributed by atoms with Gasteiger partial charge in [0.25, 0.3) is 12.9 Å². The van der Waals surface area contributed by atoms with E-state index in [4.69, 9.17) is 0 Å². The number of carbonyl (C=O) groups excluding carboxylic acids is 1. The number of fused-ring (bicyclic) bond motifs is 1. The average molecular weight is 286 g/mol. The molecule has 0 saturated carbocycles. The van der Waals surface area contributed by atoms with E-state index in [1.165, 1.54) is 0 Å². The molecule has 0 aromatic heterocycles. The van der Waals surface area contributed by atoms with Crippen LogP contribution in [0.25, 0.3) is 0 Å². The highest BCUT2D eigenvalue weighted by Gasteiger charge is 2.19. The molecule has 106 valence electrons. The summed E-state index contributed by atoms with van der Waals surface area (Å²) >= 11 is 0. The first-order valence-electron chi connectivity index (χ1n) is 5.64. The van der Waals surface area contributed by atoms with Crippen LogP contribution >= 0.6 is 0 Å². The summed E-state index contributed by atoms with van der Waals surface area (Å²) in [4.78, 5) is 11.0. The van der Waals surface area contributed by atoms with Crippen molar-refractivity contribution in [2.24, 2.45) is 0 Å². The van der Waals surface area contributed by atoms with Crippen LogP contribution in [0.5, 0.6) is 0 Å². The lowest BCUT2D eigenvalue weighted by molar-refractivity contribution is -0.124. The number of hydrogen-bond acceptors (Lipinski definition) is 3. The largest absolute Gasteiger partial charge is 0.354 e. The summed E-state index contributed by atoms with van der Waals surface area (Å²) in [5.74, 6) is -1.45. The Bertz CT molecular complexity index is 581. The lowest BCUT2D eigenvalue weighted by atomic mass is 10.2. The van der Waals surface area contributed by atoms with Gasteiger partial charge < -0.3 is 10.6 Å². The van der Waals surface area contributed by atoms with Crippen LogP contribution in [0.2, 0.25) is 0 Å². The summed E-state index contributed by atoms with van der Waals surface area (Å²) in [6, 6.07) is 6.41. The molecule has 20 heavy (non-hydrogen) atoms. The molecule has 1 aromatic rings. The Balaban J connectivity index is 2.42. The number of anilines is 2. The Hall–Kier alpha value is -2.31. The number of carbonyl (C=O) groups is 1. The normalized spacial score (nSPS) is 16.3. The number of halogens is 4. The van der Waals surface area contributed by atoms with Crippen LogP contribution in [-0.4, -0.2) is 18.6 Å². The first kappa shape index (κ1) is 14.1. The molecule has 2 N–H and O–H groups in total. The van der Waals surface area contributed by atoms with Crippen LogP contribution in [0.15, 0.2) is 47.8 Å². The van der Waals surface area contributed by atoms with E-state index in [1.807, 2.05) is 0 Å². The zero-order chi connectivity index (χ0) is 14.7. The zero-order valence-electron chi connectivity index (χ0n) is 10.0. The van der Waals surface area contributed by atoms with E-state index in [2.05, 4.69) is 10.6 Å². The van der Waals surface area contributed by atoms with Crippen molar-refractivity contribution in [3.8, 4) is 0 Å². The number of benzene rings is 1. The third-order valence-electron chi connectivity index (χ3n) is 2.54. The third kappa shape index (κ3) is 3.17. The molecule has 1 heterocycles. The Morgan fingerprint density at radius 3 is 2.20 bits per heavy atom. The van der Waals surface area contributed by atoms with E-state index in [0.717, 1.165) is 6.08 Å². The maximum atomic E-state index is 12.8. The summed E-state index contributed by atoms with van der Waals surface area (Å²) in [6.45, 7) is 0. The molecule has 0 saturated heterocycles. The van der Waals surface area contributed by atoms with E-state index in [1.54, 1.807) is 24.3 Å². The minimum Gasteiger partial charge on any atom is -0.354 e. The van der Waals surface area contributed by atoms with Gasteiger partial charge in [-0.3, -0.25) is 4.79 Å². The van der Waals surface area contributed by atoms with Gasteiger partial charge >= 0.3 is 0 Å². The predicted octanol–water partition coefficient (Wildman–Crippen LogP) is 3.39. The van der Waals surface area contributed by atoms with Crippen molar-refractivity contribution in [3.05, 3.63) is 47.8 Å². The molecular formula is C13H10F4N2O. The van der Waals surface area contributed by atoms with E-state index >= 15 is 0 Å². The number of alkyl halides is 4. The number of nitrogens with one attached hydrogen (secondary N) is 2. The lowest BCUT2D eigenvalue weighted by Gasteiger charge is -2.10. The zero-order valence-corrected chi connectivity index (χ0v) is 10.0. The molecule has 0 radical (unpaired) electrons. The fraction of sp³-hybridized carbons (Fsp3) is 0.154. The Kier molecular flexibility index (Phi) is 4.07. The minimum absolute atomic E-state index is 0.122. The van der Waals surface area contributed by atoms with Crippen LogP contribution in [0.1, 0.15) is 0 Å². The number of para-hydroxylation sites is 2. The smallest absolute Gasteiger partial charge is 0.299 e. The molecule has 0 unspecified atom stereocenters. The standard InChI is InChI=1S/C13H10F4N2O/c14-12(15)10-5-7(6-11(20)13(16)17)18-8-3-1-2-4-9(8)19-10/h1-6,12-13,18-19H/b7-6+. The van der Waals surface area contributed by atoms with Gasteiger partial charge in [-0.1, -0.05) is 12.1 Å². The topological polar surface area (TPSA) is 41.1 Å². The van der Waals surface area contributed by atoms with Gasteiger partial charge in [-0.05, 0) is 18.2 Å². The molecule has 7 heteroatoms. The van der Waals surface area contributed by atoms with Gasteiger partial charge in [0, 0.05) is 11.8 Å². The second-order valence-electron chi connectivity index (χ2n) is 4.00. The van der Waals surface area contributed by atoms with E-state index in [-0.39, 0.29) is 5.70 Å². The molecule has 0 spiro atoms. The van der Waals surface area contributed by atoms with E-state index in [0.29, 0.717) is 17.5 Å². The molecule has 0 bridgehead atoms. The number of rotatable bonds is 3. The molecule has 2 rings (SSSR count). The van der Waals surface area contributed by atoms with Crippen molar-refractivity contribution < 1.29 is 22.4 Å². The van der Waals surface area contributed by atoms with Crippen molar-refractivity contribution in [2.45, 2.75) is 12.9 Å². The molecule has 0 amide bonds. The molecule has 3 nitrogen and oxygen atoms in total. The second kappa shape index (κ2) is 5.77. The van der Waals surface area contributed by atoms with Crippen molar-refractivity contribution in [1.82, 2.24) is 0 Å². The fourth-order valence-electron chi connectivity index (χ4n) is 1.66. The van der Waals surface area contributed by atoms with Gasteiger partial charge in [-0.2, -0.15) is 0 Å². The summed E-state index contributed by atoms with van der Waals surface area (Å²) in [5, 5.41) is 5.17. The Labute approximate surface area is 112 Å². The van der Waals surface area contributed by atoms with E-state index in [9.17, 15) is 22.4 Å². The summed E-state index contributed by atoms with van der Waals surface area (Å²) in [6.07, 6.45) is -4.46. The van der Waals surface area contributed by atoms with Gasteiger partial charge in [-0.15, -0.1) is 0 Å². The number of ketones is 1. The van der Waals surface area contributed by atoms with Crippen LogP contribution in [0.3, 0.4) is 0 Å². The maximum Gasteiger partial charge on any atom is 0.299 e. The van der Waals surface area contributed by atoms with Crippen molar-refractivity contribution in [2.75, 3.05) is 10.6 Å². The maximum absolute atomic E-state index is 12.8. The Morgan fingerprint density at radius 1 is 1.05 bits per heavy atom. The van der Waals surface area contributed by atoms with Crippen LogP contribution in [0, 0.1) is 0 Å². The van der Waals surface area contributed by atoms with Gasteiger partial charge in [-0.25, -0.2) is 17.6 Å². The monoisotopic (exact) mass is 286 g/mol. The molecule has 1 aromatic carbocycles. The highest BCUT2D eigenvalue weighted by molar-refractivity contribution is 5.94. The highest BCUT2D eigenvalue weighted by atomic mass is 19.3. The summed E-state index contributed by atoms with van der Waals surface area (Å²) in [7, 11) is 0. The highest BCUT2D eigenvalue weighted by Crippen LogP contribution is 2.29. The SMILES string of the molecule is O=C(/C=C1\C=C(C(F)F)Nc2ccccc2N1)C(F)F. The van der Waals surface area contributed by atoms with Crippen LogP contribution in [0.4, 0.5) is 28.9 Å². The fourth-order valence-corrected chi connectivity index (χ4v) is 1.66. The van der Waals surface area contributed by atoms with E-state index < -0.39 is 24.3 Å².